The maximum atomic E-state index is 6.35. The van der Waals surface area contributed by atoms with E-state index < -0.39 is 0 Å². The molecule has 0 saturated heterocycles. The Balaban J connectivity index is 2.01. The van der Waals surface area contributed by atoms with Crippen molar-refractivity contribution in [2.24, 2.45) is 5.73 Å². The van der Waals surface area contributed by atoms with E-state index in [0.29, 0.717) is 0 Å². The van der Waals surface area contributed by atoms with Gasteiger partial charge in [-0.1, -0.05) is 48.0 Å². The Bertz CT molecular complexity index is 745. The molecule has 2 nitrogen and oxygen atoms in total. The molecular formula is C18H18N2. The van der Waals surface area contributed by atoms with Gasteiger partial charge < -0.3 is 11.5 Å². The first-order valence-corrected chi connectivity index (χ1v) is 6.75. The predicted molar refractivity (Wildman–Crippen MR) is 85.6 cm³/mol. The summed E-state index contributed by atoms with van der Waals surface area (Å²) in [6, 6.07) is 20.5. The standard InChI is InChI=1S/C18H18N2/c1-12-2-3-15-11-16(5-4-14(15)10-12)18(20)13-6-8-17(19)9-7-13/h2-11,18H,19-20H2,1H3. The maximum Gasteiger partial charge on any atom is 0.0551 e. The average molecular weight is 262 g/mol. The lowest BCUT2D eigenvalue weighted by Crippen LogP contribution is -2.11. The fourth-order valence-electron chi connectivity index (χ4n) is 2.47. The van der Waals surface area contributed by atoms with Crippen LogP contribution in [0, 0.1) is 6.92 Å². The zero-order valence-electron chi connectivity index (χ0n) is 11.5. The number of fused-ring (bicyclic) bond motifs is 1. The van der Waals surface area contributed by atoms with Crippen LogP contribution < -0.4 is 11.5 Å². The Morgan fingerprint density at radius 3 is 2.10 bits per heavy atom. The second kappa shape index (κ2) is 4.99. The first-order chi connectivity index (χ1) is 9.63. The molecule has 100 valence electrons. The summed E-state index contributed by atoms with van der Waals surface area (Å²) in [4.78, 5) is 0. The minimum atomic E-state index is -0.124. The Labute approximate surface area is 119 Å². The van der Waals surface area contributed by atoms with E-state index in [2.05, 4.69) is 43.3 Å². The minimum absolute atomic E-state index is 0.124. The molecule has 0 amide bonds. The molecule has 0 aliphatic rings. The van der Waals surface area contributed by atoms with Crippen LogP contribution in [0.15, 0.2) is 60.7 Å². The number of rotatable bonds is 2. The fourth-order valence-corrected chi connectivity index (χ4v) is 2.47. The molecule has 0 radical (unpaired) electrons. The Morgan fingerprint density at radius 1 is 0.750 bits per heavy atom. The molecule has 0 aromatic heterocycles. The lowest BCUT2D eigenvalue weighted by atomic mass is 9.96. The van der Waals surface area contributed by atoms with Gasteiger partial charge in [-0.25, -0.2) is 0 Å². The molecule has 3 aromatic rings. The molecule has 0 bridgehead atoms. The number of nitrogens with two attached hydrogens (primary N) is 2. The molecule has 20 heavy (non-hydrogen) atoms. The monoisotopic (exact) mass is 262 g/mol. The number of anilines is 1. The summed E-state index contributed by atoms with van der Waals surface area (Å²) in [6.07, 6.45) is 0. The number of benzene rings is 3. The van der Waals surface area contributed by atoms with Crippen molar-refractivity contribution < 1.29 is 0 Å². The van der Waals surface area contributed by atoms with Gasteiger partial charge in [0, 0.05) is 5.69 Å². The number of hydrogen-bond acceptors (Lipinski definition) is 2. The summed E-state index contributed by atoms with van der Waals surface area (Å²) >= 11 is 0. The number of nitrogen functional groups attached to an aromatic ring is 1. The van der Waals surface area contributed by atoms with Crippen molar-refractivity contribution in [3.05, 3.63) is 77.4 Å². The van der Waals surface area contributed by atoms with Crippen molar-refractivity contribution in [1.82, 2.24) is 0 Å². The van der Waals surface area contributed by atoms with Crippen LogP contribution in [-0.2, 0) is 0 Å². The van der Waals surface area contributed by atoms with Crippen LogP contribution in [0.3, 0.4) is 0 Å². The molecule has 0 saturated carbocycles. The SMILES string of the molecule is Cc1ccc2cc(C(N)c3ccc(N)cc3)ccc2c1. The van der Waals surface area contributed by atoms with Gasteiger partial charge in [0.1, 0.15) is 0 Å². The van der Waals surface area contributed by atoms with E-state index in [4.69, 9.17) is 11.5 Å². The van der Waals surface area contributed by atoms with Crippen LogP contribution in [0.5, 0.6) is 0 Å². The number of hydrogen-bond donors (Lipinski definition) is 2. The summed E-state index contributed by atoms with van der Waals surface area (Å²) < 4.78 is 0. The van der Waals surface area contributed by atoms with Crippen LogP contribution in [0.2, 0.25) is 0 Å². The molecular weight excluding hydrogens is 244 g/mol. The second-order valence-electron chi connectivity index (χ2n) is 5.25. The zero-order chi connectivity index (χ0) is 14.1. The zero-order valence-corrected chi connectivity index (χ0v) is 11.5. The van der Waals surface area contributed by atoms with Crippen molar-refractivity contribution >= 4 is 16.5 Å². The average Bonchev–Trinajstić information content (AvgIpc) is 2.47. The molecule has 1 atom stereocenters. The van der Waals surface area contributed by atoms with Crippen molar-refractivity contribution in [3.63, 3.8) is 0 Å². The largest absolute Gasteiger partial charge is 0.399 e. The molecule has 0 fully saturated rings. The summed E-state index contributed by atoms with van der Waals surface area (Å²) in [5, 5.41) is 2.47. The lowest BCUT2D eigenvalue weighted by Gasteiger charge is -2.14. The quantitative estimate of drug-likeness (QED) is 0.690. The topological polar surface area (TPSA) is 52.0 Å². The first kappa shape index (κ1) is 12.7. The van der Waals surface area contributed by atoms with Gasteiger partial charge in [0.05, 0.1) is 6.04 Å². The van der Waals surface area contributed by atoms with Gasteiger partial charge in [0.2, 0.25) is 0 Å². The van der Waals surface area contributed by atoms with Crippen LogP contribution in [0.25, 0.3) is 10.8 Å². The van der Waals surface area contributed by atoms with E-state index in [1.807, 2.05) is 24.3 Å². The maximum absolute atomic E-state index is 6.35. The molecule has 3 aromatic carbocycles. The summed E-state index contributed by atoms with van der Waals surface area (Å²) in [6.45, 7) is 2.10. The van der Waals surface area contributed by atoms with E-state index in [-0.39, 0.29) is 6.04 Å². The molecule has 2 heteroatoms. The Morgan fingerprint density at radius 2 is 1.35 bits per heavy atom. The first-order valence-electron chi connectivity index (χ1n) is 6.75. The van der Waals surface area contributed by atoms with Crippen LogP contribution in [0.4, 0.5) is 5.69 Å². The Kier molecular flexibility index (Phi) is 3.17. The molecule has 4 N–H and O–H groups in total. The van der Waals surface area contributed by atoms with Gasteiger partial charge in [-0.15, -0.1) is 0 Å². The van der Waals surface area contributed by atoms with Gasteiger partial charge in [0.25, 0.3) is 0 Å². The van der Waals surface area contributed by atoms with E-state index >= 15 is 0 Å². The molecule has 0 aliphatic heterocycles. The fraction of sp³-hybridized carbons (Fsp3) is 0.111. The van der Waals surface area contributed by atoms with Gasteiger partial charge in [-0.05, 0) is 47.0 Å². The van der Waals surface area contributed by atoms with E-state index in [1.165, 1.54) is 16.3 Å². The molecule has 0 aliphatic carbocycles. The lowest BCUT2D eigenvalue weighted by molar-refractivity contribution is 0.874. The third kappa shape index (κ3) is 2.38. The van der Waals surface area contributed by atoms with Crippen LogP contribution >= 0.6 is 0 Å². The van der Waals surface area contributed by atoms with Crippen molar-refractivity contribution in [1.29, 1.82) is 0 Å². The third-order valence-electron chi connectivity index (χ3n) is 3.67. The summed E-state index contributed by atoms with van der Waals surface area (Å²) in [5.41, 5.74) is 16.3. The van der Waals surface area contributed by atoms with Gasteiger partial charge >= 0.3 is 0 Å². The van der Waals surface area contributed by atoms with Gasteiger partial charge in [-0.3, -0.25) is 0 Å². The number of aryl methyl sites for hydroxylation is 1. The highest BCUT2D eigenvalue weighted by molar-refractivity contribution is 5.84. The van der Waals surface area contributed by atoms with Crippen molar-refractivity contribution in [3.8, 4) is 0 Å². The smallest absolute Gasteiger partial charge is 0.0551 e. The van der Waals surface area contributed by atoms with Gasteiger partial charge in [-0.2, -0.15) is 0 Å². The molecule has 0 heterocycles. The highest BCUT2D eigenvalue weighted by Crippen LogP contribution is 2.25. The van der Waals surface area contributed by atoms with E-state index in [9.17, 15) is 0 Å². The molecule has 3 rings (SSSR count). The predicted octanol–water partition coefficient (Wildman–Crippen LogP) is 3.78. The van der Waals surface area contributed by atoms with Gasteiger partial charge in [0.15, 0.2) is 0 Å². The third-order valence-corrected chi connectivity index (χ3v) is 3.67. The summed E-state index contributed by atoms with van der Waals surface area (Å²) in [5.74, 6) is 0. The van der Waals surface area contributed by atoms with E-state index in [1.54, 1.807) is 0 Å². The minimum Gasteiger partial charge on any atom is -0.399 e. The van der Waals surface area contributed by atoms with E-state index in [0.717, 1.165) is 16.8 Å². The van der Waals surface area contributed by atoms with Crippen molar-refractivity contribution in [2.45, 2.75) is 13.0 Å². The second-order valence-corrected chi connectivity index (χ2v) is 5.25. The molecule has 1 unspecified atom stereocenters. The highest BCUT2D eigenvalue weighted by atomic mass is 14.6. The van der Waals surface area contributed by atoms with Crippen molar-refractivity contribution in [2.75, 3.05) is 5.73 Å². The Hall–Kier alpha value is -2.32. The van der Waals surface area contributed by atoms with Crippen LogP contribution in [0.1, 0.15) is 22.7 Å². The highest BCUT2D eigenvalue weighted by Gasteiger charge is 2.09. The van der Waals surface area contributed by atoms with Crippen LogP contribution in [-0.4, -0.2) is 0 Å². The summed E-state index contributed by atoms with van der Waals surface area (Å²) in [7, 11) is 0. The molecule has 0 spiro atoms. The normalized spacial score (nSPS) is 12.5.